The summed E-state index contributed by atoms with van der Waals surface area (Å²) in [6, 6.07) is 0.153. The van der Waals surface area contributed by atoms with Crippen LogP contribution in [0, 0.1) is 13.8 Å². The van der Waals surface area contributed by atoms with Gasteiger partial charge in [-0.05, 0) is 53.5 Å². The minimum Gasteiger partial charge on any atom is -0.357 e. The van der Waals surface area contributed by atoms with Gasteiger partial charge < -0.3 is 10.6 Å². The van der Waals surface area contributed by atoms with Crippen molar-refractivity contribution in [1.82, 2.24) is 25.1 Å². The molecule has 0 aliphatic rings. The van der Waals surface area contributed by atoms with Gasteiger partial charge in [-0.1, -0.05) is 0 Å². The average molecular weight is 514 g/mol. The van der Waals surface area contributed by atoms with Crippen molar-refractivity contribution in [2.45, 2.75) is 59.5 Å². The van der Waals surface area contributed by atoms with Crippen molar-refractivity contribution < 1.29 is 8.42 Å². The van der Waals surface area contributed by atoms with E-state index in [-0.39, 0.29) is 30.0 Å². The Bertz CT molecular complexity index is 743. The standard InChI is InChI=1S/C17H34N6O2S.HI/c1-9-18-16(19-11-17(5,6)22-26(8,24)25)20-12(2)10-15-13(3)21-23(7)14(15)4;/h12,22H,9-11H2,1-8H3,(H2,18,19,20);1H. The van der Waals surface area contributed by atoms with Crippen molar-refractivity contribution in [2.24, 2.45) is 12.0 Å². The number of sulfonamides is 1. The van der Waals surface area contributed by atoms with Gasteiger partial charge in [-0.15, -0.1) is 24.0 Å². The van der Waals surface area contributed by atoms with Crippen LogP contribution in [0.3, 0.4) is 0 Å². The quantitative estimate of drug-likeness (QED) is 0.277. The molecule has 0 aliphatic carbocycles. The summed E-state index contributed by atoms with van der Waals surface area (Å²) in [5, 5.41) is 11.1. The molecule has 0 amide bonds. The molecular formula is C17H35IN6O2S. The van der Waals surface area contributed by atoms with E-state index < -0.39 is 15.6 Å². The average Bonchev–Trinajstić information content (AvgIpc) is 2.69. The summed E-state index contributed by atoms with van der Waals surface area (Å²) in [5.74, 6) is 0.669. The topological polar surface area (TPSA) is 100 Å². The van der Waals surface area contributed by atoms with Crippen molar-refractivity contribution in [1.29, 1.82) is 0 Å². The summed E-state index contributed by atoms with van der Waals surface area (Å²) in [6.07, 6.45) is 1.99. The largest absolute Gasteiger partial charge is 0.357 e. The lowest BCUT2D eigenvalue weighted by atomic mass is 10.1. The number of hydrogen-bond acceptors (Lipinski definition) is 4. The third-order valence-electron chi connectivity index (χ3n) is 3.99. The first kappa shape index (κ1) is 26.1. The highest BCUT2D eigenvalue weighted by Gasteiger charge is 2.22. The van der Waals surface area contributed by atoms with Crippen molar-refractivity contribution >= 4 is 40.0 Å². The van der Waals surface area contributed by atoms with Crippen LogP contribution in [0.1, 0.15) is 44.6 Å². The van der Waals surface area contributed by atoms with Crippen LogP contribution in [0.2, 0.25) is 0 Å². The van der Waals surface area contributed by atoms with Crippen molar-refractivity contribution in [2.75, 3.05) is 19.3 Å². The van der Waals surface area contributed by atoms with Crippen molar-refractivity contribution in [3.63, 3.8) is 0 Å². The van der Waals surface area contributed by atoms with Gasteiger partial charge in [0.05, 0.1) is 18.5 Å². The van der Waals surface area contributed by atoms with Gasteiger partial charge in [0.15, 0.2) is 5.96 Å². The minimum absolute atomic E-state index is 0. The molecule has 0 saturated heterocycles. The molecule has 1 rings (SSSR count). The first-order chi connectivity index (χ1) is 11.8. The number of aliphatic imine (C=N–C) groups is 1. The molecule has 0 bridgehead atoms. The molecule has 8 nitrogen and oxygen atoms in total. The Morgan fingerprint density at radius 1 is 1.33 bits per heavy atom. The zero-order valence-corrected chi connectivity index (χ0v) is 20.8. The second-order valence-electron chi connectivity index (χ2n) is 7.48. The van der Waals surface area contributed by atoms with Crippen LogP contribution in [-0.2, 0) is 23.5 Å². The zero-order valence-electron chi connectivity index (χ0n) is 17.7. The van der Waals surface area contributed by atoms with Gasteiger partial charge in [0, 0.05) is 30.9 Å². The van der Waals surface area contributed by atoms with Gasteiger partial charge in [0.1, 0.15) is 0 Å². The lowest BCUT2D eigenvalue weighted by molar-refractivity contribution is 0.464. The lowest BCUT2D eigenvalue weighted by Gasteiger charge is -2.24. The van der Waals surface area contributed by atoms with E-state index in [1.165, 1.54) is 5.56 Å². The van der Waals surface area contributed by atoms with Crippen LogP contribution in [0.25, 0.3) is 0 Å². The highest BCUT2D eigenvalue weighted by atomic mass is 127. The maximum absolute atomic E-state index is 11.5. The van der Waals surface area contributed by atoms with Crippen LogP contribution in [0.4, 0.5) is 0 Å². The van der Waals surface area contributed by atoms with Gasteiger partial charge in [0.25, 0.3) is 0 Å². The number of aryl methyl sites for hydroxylation is 2. The van der Waals surface area contributed by atoms with Crippen molar-refractivity contribution in [3.8, 4) is 0 Å². The molecule has 1 heterocycles. The first-order valence-electron chi connectivity index (χ1n) is 8.87. The van der Waals surface area contributed by atoms with Crippen LogP contribution in [0.5, 0.6) is 0 Å². The first-order valence-corrected chi connectivity index (χ1v) is 10.8. The van der Waals surface area contributed by atoms with Crippen LogP contribution in [0.15, 0.2) is 4.99 Å². The fraction of sp³-hybridized carbons (Fsp3) is 0.765. The molecule has 1 unspecified atom stereocenters. The second-order valence-corrected chi connectivity index (χ2v) is 9.22. The fourth-order valence-electron chi connectivity index (χ4n) is 2.83. The maximum atomic E-state index is 11.5. The number of halogens is 1. The van der Waals surface area contributed by atoms with Crippen LogP contribution in [-0.4, -0.2) is 55.1 Å². The van der Waals surface area contributed by atoms with Crippen LogP contribution >= 0.6 is 24.0 Å². The predicted molar refractivity (Wildman–Crippen MR) is 122 cm³/mol. The molecule has 0 radical (unpaired) electrons. The zero-order chi connectivity index (χ0) is 20.1. The molecule has 27 heavy (non-hydrogen) atoms. The highest BCUT2D eigenvalue weighted by molar-refractivity contribution is 14.0. The van der Waals surface area contributed by atoms with E-state index in [0.29, 0.717) is 12.5 Å². The van der Waals surface area contributed by atoms with E-state index in [0.717, 1.165) is 30.6 Å². The van der Waals surface area contributed by atoms with E-state index in [1.807, 2.05) is 39.4 Å². The summed E-state index contributed by atoms with van der Waals surface area (Å²) >= 11 is 0. The Labute approximate surface area is 181 Å². The molecule has 3 N–H and O–H groups in total. The number of hydrogen-bond donors (Lipinski definition) is 3. The summed E-state index contributed by atoms with van der Waals surface area (Å²) in [5.41, 5.74) is 2.79. The van der Waals surface area contributed by atoms with Crippen LogP contribution < -0.4 is 15.4 Å². The van der Waals surface area contributed by atoms with E-state index in [2.05, 4.69) is 39.3 Å². The Morgan fingerprint density at radius 3 is 2.37 bits per heavy atom. The summed E-state index contributed by atoms with van der Waals surface area (Å²) < 4.78 is 27.4. The highest BCUT2D eigenvalue weighted by Crippen LogP contribution is 2.14. The molecule has 0 aromatic carbocycles. The minimum atomic E-state index is -3.28. The smallest absolute Gasteiger partial charge is 0.209 e. The molecule has 10 heteroatoms. The van der Waals surface area contributed by atoms with E-state index in [9.17, 15) is 8.42 Å². The van der Waals surface area contributed by atoms with E-state index in [4.69, 9.17) is 0 Å². The molecular weight excluding hydrogens is 479 g/mol. The summed E-state index contributed by atoms with van der Waals surface area (Å²) in [4.78, 5) is 4.55. The number of aromatic nitrogens is 2. The van der Waals surface area contributed by atoms with Gasteiger partial charge in [-0.25, -0.2) is 13.1 Å². The van der Waals surface area contributed by atoms with E-state index >= 15 is 0 Å². The SMILES string of the molecule is CCNC(=NCC(C)(C)NS(C)(=O)=O)NC(C)Cc1c(C)nn(C)c1C.I. The normalized spacial score (nSPS) is 13.9. The van der Waals surface area contributed by atoms with Gasteiger partial charge >= 0.3 is 0 Å². The Balaban J connectivity index is 0.00000676. The Morgan fingerprint density at radius 2 is 1.93 bits per heavy atom. The third kappa shape index (κ3) is 9.24. The molecule has 1 atom stereocenters. The molecule has 1 aromatic rings. The van der Waals surface area contributed by atoms with Crippen molar-refractivity contribution in [3.05, 3.63) is 17.0 Å². The monoisotopic (exact) mass is 514 g/mol. The summed E-state index contributed by atoms with van der Waals surface area (Å²) in [7, 11) is -1.33. The lowest BCUT2D eigenvalue weighted by Crippen LogP contribution is -2.48. The maximum Gasteiger partial charge on any atom is 0.209 e. The molecule has 0 saturated carbocycles. The van der Waals surface area contributed by atoms with Gasteiger partial charge in [-0.3, -0.25) is 9.67 Å². The number of nitrogens with zero attached hydrogens (tertiary/aromatic N) is 3. The summed E-state index contributed by atoms with van der Waals surface area (Å²) in [6.45, 7) is 12.9. The van der Waals surface area contributed by atoms with Gasteiger partial charge in [0.2, 0.25) is 10.0 Å². The fourth-order valence-corrected chi connectivity index (χ4v) is 3.90. The Kier molecular flexibility index (Phi) is 10.3. The second kappa shape index (κ2) is 10.6. The molecule has 0 fully saturated rings. The number of nitrogens with one attached hydrogen (secondary N) is 3. The third-order valence-corrected chi connectivity index (χ3v) is 4.91. The molecule has 0 spiro atoms. The number of guanidine groups is 1. The Hall–Kier alpha value is -0.880. The van der Waals surface area contributed by atoms with Gasteiger partial charge in [-0.2, -0.15) is 5.10 Å². The van der Waals surface area contributed by atoms with E-state index in [1.54, 1.807) is 0 Å². The molecule has 158 valence electrons. The number of rotatable bonds is 8. The molecule has 0 aliphatic heterocycles. The molecule has 1 aromatic heterocycles. The predicted octanol–water partition coefficient (Wildman–Crippen LogP) is 1.47.